The molecule has 0 atom stereocenters. The first-order valence-electron chi connectivity index (χ1n) is 8.75. The topological polar surface area (TPSA) is 93.7 Å². The fourth-order valence-electron chi connectivity index (χ4n) is 2.69. The average Bonchev–Trinajstić information content (AvgIpc) is 2.75. The van der Waals surface area contributed by atoms with Gasteiger partial charge in [0.15, 0.2) is 0 Å². The number of hydrogen-bond donors (Lipinski definition) is 2. The zero-order chi connectivity index (χ0) is 21.7. The average molecular weight is 447 g/mol. The van der Waals surface area contributed by atoms with Gasteiger partial charge in [0.25, 0.3) is 15.9 Å². The van der Waals surface area contributed by atoms with Crippen LogP contribution in [-0.4, -0.2) is 28.5 Å². The molecule has 9 heteroatoms. The largest absolute Gasteiger partial charge is 0.495 e. The second-order valence-electron chi connectivity index (χ2n) is 6.14. The van der Waals surface area contributed by atoms with E-state index in [9.17, 15) is 13.2 Å². The van der Waals surface area contributed by atoms with E-state index >= 15 is 0 Å². The third-order valence-corrected chi connectivity index (χ3v) is 5.85. The molecule has 0 aliphatic carbocycles. The molecule has 0 saturated carbocycles. The summed E-state index contributed by atoms with van der Waals surface area (Å²) in [5.41, 5.74) is 0.866. The molecule has 156 valence electrons. The van der Waals surface area contributed by atoms with Gasteiger partial charge in [0.2, 0.25) is 0 Å². The van der Waals surface area contributed by atoms with Crippen LogP contribution in [0.15, 0.2) is 71.6 Å². The molecular formula is C21H19ClN2O5S. The van der Waals surface area contributed by atoms with E-state index in [-0.39, 0.29) is 16.1 Å². The van der Waals surface area contributed by atoms with Crippen molar-refractivity contribution in [1.29, 1.82) is 0 Å². The molecule has 2 N–H and O–H groups in total. The number of ether oxygens (including phenoxy) is 2. The lowest BCUT2D eigenvalue weighted by atomic mass is 10.2. The second-order valence-corrected chi connectivity index (χ2v) is 8.23. The van der Waals surface area contributed by atoms with Gasteiger partial charge < -0.3 is 14.8 Å². The van der Waals surface area contributed by atoms with E-state index in [1.54, 1.807) is 42.5 Å². The molecule has 0 saturated heterocycles. The number of carbonyl (C=O) groups excluding carboxylic acids is 1. The van der Waals surface area contributed by atoms with Crippen LogP contribution in [0.3, 0.4) is 0 Å². The summed E-state index contributed by atoms with van der Waals surface area (Å²) < 4.78 is 37.9. The van der Waals surface area contributed by atoms with Crippen molar-refractivity contribution in [3.05, 3.63) is 77.3 Å². The minimum atomic E-state index is -3.77. The summed E-state index contributed by atoms with van der Waals surface area (Å²) >= 11 is 6.08. The maximum absolute atomic E-state index is 12.7. The predicted molar refractivity (Wildman–Crippen MR) is 116 cm³/mol. The van der Waals surface area contributed by atoms with Crippen molar-refractivity contribution in [3.63, 3.8) is 0 Å². The van der Waals surface area contributed by atoms with Crippen molar-refractivity contribution in [1.82, 2.24) is 0 Å². The number of carbonyl (C=O) groups is 1. The minimum Gasteiger partial charge on any atom is -0.495 e. The predicted octanol–water partition coefficient (Wildman–Crippen LogP) is 4.41. The van der Waals surface area contributed by atoms with Gasteiger partial charge >= 0.3 is 0 Å². The van der Waals surface area contributed by atoms with E-state index in [0.29, 0.717) is 22.2 Å². The normalized spacial score (nSPS) is 10.9. The first-order valence-corrected chi connectivity index (χ1v) is 10.6. The zero-order valence-electron chi connectivity index (χ0n) is 16.2. The smallest absolute Gasteiger partial charge is 0.261 e. The number of amides is 1. The fraction of sp³-hybridized carbons (Fsp3) is 0.0952. The summed E-state index contributed by atoms with van der Waals surface area (Å²) in [4.78, 5) is 12.9. The van der Waals surface area contributed by atoms with E-state index in [2.05, 4.69) is 10.0 Å². The number of anilines is 2. The molecule has 0 spiro atoms. The van der Waals surface area contributed by atoms with Gasteiger partial charge in [-0.1, -0.05) is 35.9 Å². The van der Waals surface area contributed by atoms with Crippen LogP contribution < -0.4 is 19.5 Å². The van der Waals surface area contributed by atoms with Crippen molar-refractivity contribution >= 4 is 38.9 Å². The molecule has 3 aromatic carbocycles. The molecule has 0 unspecified atom stereocenters. The molecule has 0 radical (unpaired) electrons. The third-order valence-electron chi connectivity index (χ3n) is 4.15. The van der Waals surface area contributed by atoms with Gasteiger partial charge in [0.1, 0.15) is 11.5 Å². The van der Waals surface area contributed by atoms with Crippen molar-refractivity contribution in [3.8, 4) is 11.5 Å². The number of sulfonamides is 1. The highest BCUT2D eigenvalue weighted by Gasteiger charge is 2.16. The Labute approximate surface area is 179 Å². The summed E-state index contributed by atoms with van der Waals surface area (Å²) in [6, 6.07) is 17.2. The van der Waals surface area contributed by atoms with Crippen LogP contribution in [0.1, 0.15) is 10.4 Å². The molecular weight excluding hydrogens is 428 g/mol. The Bertz CT molecular complexity index is 1170. The Balaban J connectivity index is 1.84. The molecule has 0 aliphatic rings. The van der Waals surface area contributed by atoms with Crippen LogP contribution >= 0.6 is 11.6 Å². The Morgan fingerprint density at radius 1 is 0.900 bits per heavy atom. The van der Waals surface area contributed by atoms with Crippen molar-refractivity contribution in [2.45, 2.75) is 4.90 Å². The molecule has 0 aromatic heterocycles. The molecule has 3 aromatic rings. The van der Waals surface area contributed by atoms with Gasteiger partial charge in [-0.3, -0.25) is 9.52 Å². The SMILES string of the molecule is COc1cc(NC(=O)c2cccc(NS(=O)(=O)c3ccccc3)c2)c(OC)cc1Cl. The number of hydrogen-bond acceptors (Lipinski definition) is 5. The summed E-state index contributed by atoms with van der Waals surface area (Å²) in [6.07, 6.45) is 0. The lowest BCUT2D eigenvalue weighted by Gasteiger charge is -2.14. The molecule has 0 aliphatic heterocycles. The van der Waals surface area contributed by atoms with Crippen molar-refractivity contribution in [2.75, 3.05) is 24.3 Å². The molecule has 3 rings (SSSR count). The van der Waals surface area contributed by atoms with E-state index in [1.165, 1.54) is 38.5 Å². The maximum Gasteiger partial charge on any atom is 0.261 e. The molecule has 0 bridgehead atoms. The highest BCUT2D eigenvalue weighted by molar-refractivity contribution is 7.92. The van der Waals surface area contributed by atoms with Gasteiger partial charge in [0.05, 0.1) is 29.8 Å². The Kier molecular flexibility index (Phi) is 6.49. The quantitative estimate of drug-likeness (QED) is 0.560. The zero-order valence-corrected chi connectivity index (χ0v) is 17.8. The Hall–Kier alpha value is -3.23. The van der Waals surface area contributed by atoms with Crippen LogP contribution in [-0.2, 0) is 10.0 Å². The maximum atomic E-state index is 12.7. The summed E-state index contributed by atoms with van der Waals surface area (Å²) in [7, 11) is -0.861. The molecule has 7 nitrogen and oxygen atoms in total. The van der Waals surface area contributed by atoms with E-state index in [1.807, 2.05) is 0 Å². The van der Waals surface area contributed by atoms with Crippen LogP contribution in [0.2, 0.25) is 5.02 Å². The van der Waals surface area contributed by atoms with Crippen molar-refractivity contribution < 1.29 is 22.7 Å². The lowest BCUT2D eigenvalue weighted by Crippen LogP contribution is -2.15. The standard InChI is InChI=1S/C21H19ClN2O5S/c1-28-19-13-18(20(29-2)12-17(19)22)23-21(25)14-7-6-8-15(11-14)24-30(26,27)16-9-4-3-5-10-16/h3-13,24H,1-2H3,(H,23,25). The van der Waals surface area contributed by atoms with Gasteiger partial charge in [0, 0.05) is 23.4 Å². The number of halogens is 1. The van der Waals surface area contributed by atoms with E-state index in [4.69, 9.17) is 21.1 Å². The second kappa shape index (κ2) is 9.06. The molecule has 30 heavy (non-hydrogen) atoms. The summed E-state index contributed by atoms with van der Waals surface area (Å²) in [6.45, 7) is 0. The third kappa shape index (κ3) is 4.84. The van der Waals surface area contributed by atoms with Gasteiger partial charge in [-0.25, -0.2) is 8.42 Å². The number of rotatable bonds is 7. The highest BCUT2D eigenvalue weighted by Crippen LogP contribution is 2.36. The monoisotopic (exact) mass is 446 g/mol. The fourth-order valence-corrected chi connectivity index (χ4v) is 3.99. The van der Waals surface area contributed by atoms with Gasteiger partial charge in [-0.05, 0) is 30.3 Å². The van der Waals surface area contributed by atoms with Crippen molar-refractivity contribution in [2.24, 2.45) is 0 Å². The first-order chi connectivity index (χ1) is 14.3. The highest BCUT2D eigenvalue weighted by atomic mass is 35.5. The molecule has 1 amide bonds. The van der Waals surface area contributed by atoms with Gasteiger partial charge in [-0.2, -0.15) is 0 Å². The van der Waals surface area contributed by atoms with E-state index < -0.39 is 15.9 Å². The number of nitrogens with one attached hydrogen (secondary N) is 2. The molecule has 0 heterocycles. The Morgan fingerprint density at radius 2 is 1.60 bits per heavy atom. The molecule has 0 fully saturated rings. The summed E-state index contributed by atoms with van der Waals surface area (Å²) in [5, 5.41) is 3.06. The van der Waals surface area contributed by atoms with Gasteiger partial charge in [-0.15, -0.1) is 0 Å². The minimum absolute atomic E-state index is 0.123. The number of methoxy groups -OCH3 is 2. The van der Waals surface area contributed by atoms with Crippen LogP contribution in [0.4, 0.5) is 11.4 Å². The van der Waals surface area contributed by atoms with Crippen LogP contribution in [0.25, 0.3) is 0 Å². The van der Waals surface area contributed by atoms with E-state index in [0.717, 1.165) is 0 Å². The Morgan fingerprint density at radius 3 is 2.27 bits per heavy atom. The summed E-state index contributed by atoms with van der Waals surface area (Å²) in [5.74, 6) is 0.269. The first kappa shape index (κ1) is 21.5. The lowest BCUT2D eigenvalue weighted by molar-refractivity contribution is 0.102. The van der Waals surface area contributed by atoms with Crippen LogP contribution in [0.5, 0.6) is 11.5 Å². The number of benzene rings is 3. The van der Waals surface area contributed by atoms with Crippen LogP contribution in [0, 0.1) is 0 Å².